The van der Waals surface area contributed by atoms with E-state index in [0.29, 0.717) is 11.6 Å². The maximum atomic E-state index is 6.53. The van der Waals surface area contributed by atoms with Gasteiger partial charge in [-0.05, 0) is 48.0 Å². The zero-order valence-electron chi connectivity index (χ0n) is 31.7. The van der Waals surface area contributed by atoms with Crippen LogP contribution in [0.5, 0.6) is 0 Å². The first-order valence-corrected chi connectivity index (χ1v) is 19.6. The Morgan fingerprint density at radius 3 is 1.56 bits per heavy atom. The van der Waals surface area contributed by atoms with Crippen LogP contribution in [-0.4, -0.2) is 24.9 Å². The van der Waals surface area contributed by atoms with Crippen molar-refractivity contribution in [3.05, 3.63) is 200 Å². The Morgan fingerprint density at radius 2 is 0.864 bits per heavy atom. The van der Waals surface area contributed by atoms with Crippen LogP contribution >= 0.6 is 0 Å². The summed E-state index contributed by atoms with van der Waals surface area (Å²) in [7, 11) is 0. The molecule has 0 unspecified atom stereocenters. The molecule has 0 aliphatic rings. The molecule has 59 heavy (non-hydrogen) atoms. The van der Waals surface area contributed by atoms with E-state index in [9.17, 15) is 0 Å². The number of aromatic nitrogens is 5. The van der Waals surface area contributed by atoms with Crippen molar-refractivity contribution in [2.75, 3.05) is 0 Å². The zero-order chi connectivity index (χ0) is 39.1. The number of hydrogen-bond donors (Lipinski definition) is 0. The topological polar surface area (TPSA) is 77.6 Å². The van der Waals surface area contributed by atoms with Gasteiger partial charge >= 0.3 is 0 Å². The van der Waals surface area contributed by atoms with Crippen LogP contribution < -0.4 is 0 Å². The highest BCUT2D eigenvalue weighted by molar-refractivity contribution is 6.13. The number of pyridine rings is 1. The molecule has 0 amide bonds. The minimum atomic E-state index is 0.647. The lowest BCUT2D eigenvalue weighted by Crippen LogP contribution is -1.96. The van der Waals surface area contributed by atoms with E-state index in [1.165, 1.54) is 0 Å². The van der Waals surface area contributed by atoms with E-state index >= 15 is 0 Å². The molecule has 11 aromatic rings. The monoisotopic (exact) mass is 755 g/mol. The van der Waals surface area contributed by atoms with Gasteiger partial charge in [-0.2, -0.15) is 0 Å². The molecule has 0 radical (unpaired) electrons. The third-order valence-corrected chi connectivity index (χ3v) is 10.8. The minimum Gasteiger partial charge on any atom is -0.456 e. The van der Waals surface area contributed by atoms with Crippen molar-refractivity contribution >= 4 is 32.8 Å². The molecule has 4 heterocycles. The van der Waals surface area contributed by atoms with Crippen molar-refractivity contribution in [2.24, 2.45) is 0 Å². The van der Waals surface area contributed by atoms with Crippen LogP contribution in [0.1, 0.15) is 0 Å². The van der Waals surface area contributed by atoms with Crippen molar-refractivity contribution in [1.82, 2.24) is 24.9 Å². The van der Waals surface area contributed by atoms with Crippen LogP contribution in [-0.2, 0) is 0 Å². The van der Waals surface area contributed by atoms with Crippen LogP contribution in [0.25, 0.3) is 112 Å². The second-order valence-corrected chi connectivity index (χ2v) is 14.5. The molecule has 276 valence electrons. The molecule has 0 atom stereocenters. The molecule has 4 aromatic heterocycles. The molecule has 0 N–H and O–H groups in total. The Hall–Kier alpha value is -8.09. The minimum absolute atomic E-state index is 0.647. The van der Waals surface area contributed by atoms with Crippen molar-refractivity contribution in [3.63, 3.8) is 0 Å². The Morgan fingerprint density at radius 1 is 0.339 bits per heavy atom. The van der Waals surface area contributed by atoms with Gasteiger partial charge in [0.25, 0.3) is 0 Å². The molecule has 0 saturated carbocycles. The number of para-hydroxylation sites is 1. The van der Waals surface area contributed by atoms with Crippen molar-refractivity contribution < 1.29 is 4.42 Å². The van der Waals surface area contributed by atoms with Gasteiger partial charge in [-0.15, -0.1) is 0 Å². The summed E-state index contributed by atoms with van der Waals surface area (Å²) in [6, 6.07) is 66.0. The maximum absolute atomic E-state index is 6.53. The summed E-state index contributed by atoms with van der Waals surface area (Å²) in [6.07, 6.45) is 1.85. The number of nitrogens with zero attached hydrogens (tertiary/aromatic N) is 5. The van der Waals surface area contributed by atoms with Crippen LogP contribution in [0.15, 0.2) is 205 Å². The highest BCUT2D eigenvalue weighted by atomic mass is 16.3. The van der Waals surface area contributed by atoms with Gasteiger partial charge in [0, 0.05) is 61.3 Å². The Bertz CT molecular complexity index is 3250. The summed E-state index contributed by atoms with van der Waals surface area (Å²) in [4.78, 5) is 25.2. The average Bonchev–Trinajstić information content (AvgIpc) is 3.70. The SMILES string of the molecule is c1ccc(-c2cc(-c3ccc4oc5cccc(-c6cc(-c7ccc(-c8cccc9cccnc89)cc7)nc(-c7ccccc7)n6)c5c4c3)nc(-c3ccccc3)n2)cc1. The largest absolute Gasteiger partial charge is 0.456 e. The zero-order valence-corrected chi connectivity index (χ0v) is 31.7. The van der Waals surface area contributed by atoms with E-state index in [0.717, 1.165) is 100 Å². The molecular formula is C53H33N5O. The van der Waals surface area contributed by atoms with E-state index in [4.69, 9.17) is 29.3 Å². The van der Waals surface area contributed by atoms with Crippen molar-refractivity contribution in [2.45, 2.75) is 0 Å². The van der Waals surface area contributed by atoms with E-state index < -0.39 is 0 Å². The molecule has 7 aromatic carbocycles. The molecule has 0 bridgehead atoms. The van der Waals surface area contributed by atoms with Gasteiger partial charge in [0.05, 0.1) is 28.3 Å². The molecule has 0 spiro atoms. The molecule has 6 nitrogen and oxygen atoms in total. The highest BCUT2D eigenvalue weighted by Gasteiger charge is 2.19. The second kappa shape index (κ2) is 14.4. The van der Waals surface area contributed by atoms with Crippen molar-refractivity contribution in [3.8, 4) is 78.9 Å². The van der Waals surface area contributed by atoms with Crippen LogP contribution in [0.2, 0.25) is 0 Å². The maximum Gasteiger partial charge on any atom is 0.160 e. The molecule has 11 rings (SSSR count). The van der Waals surface area contributed by atoms with Gasteiger partial charge < -0.3 is 4.42 Å². The summed E-state index contributed by atoms with van der Waals surface area (Å²) >= 11 is 0. The van der Waals surface area contributed by atoms with Gasteiger partial charge in [0.2, 0.25) is 0 Å². The fourth-order valence-corrected chi connectivity index (χ4v) is 7.87. The predicted molar refractivity (Wildman–Crippen MR) is 238 cm³/mol. The lowest BCUT2D eigenvalue weighted by Gasteiger charge is -2.11. The summed E-state index contributed by atoms with van der Waals surface area (Å²) in [5.74, 6) is 1.32. The number of fused-ring (bicyclic) bond motifs is 4. The number of hydrogen-bond acceptors (Lipinski definition) is 6. The van der Waals surface area contributed by atoms with E-state index in [-0.39, 0.29) is 0 Å². The predicted octanol–water partition coefficient (Wildman–Crippen LogP) is 13.4. The second-order valence-electron chi connectivity index (χ2n) is 14.5. The van der Waals surface area contributed by atoms with Crippen LogP contribution in [0, 0.1) is 0 Å². The molecule has 0 aliphatic carbocycles. The lowest BCUT2D eigenvalue weighted by atomic mass is 9.98. The molecular weight excluding hydrogens is 723 g/mol. The van der Waals surface area contributed by atoms with Crippen LogP contribution in [0.4, 0.5) is 0 Å². The first-order chi connectivity index (χ1) is 29.2. The fourth-order valence-electron chi connectivity index (χ4n) is 7.87. The number of benzene rings is 7. The highest BCUT2D eigenvalue weighted by Crippen LogP contribution is 2.40. The Labute approximate surface area is 340 Å². The molecule has 6 heteroatoms. The summed E-state index contributed by atoms with van der Waals surface area (Å²) in [5.41, 5.74) is 13.9. The first kappa shape index (κ1) is 34.2. The third kappa shape index (κ3) is 6.39. The average molecular weight is 756 g/mol. The Balaban J connectivity index is 1.06. The van der Waals surface area contributed by atoms with Gasteiger partial charge in [-0.1, -0.05) is 152 Å². The standard InChI is InChI=1S/C53H33N5O/c1-4-13-35(14-5-1)44-32-46(57-52(55-44)38-15-6-2-7-16-38)40-28-29-48-43(31-40)50-42(22-11-23-49(50)59-48)47-33-45(56-53(58-47)39-17-8-3-9-18-39)36-26-24-34(25-27-36)41-21-10-19-37-20-12-30-54-51(37)41/h1-33H. The summed E-state index contributed by atoms with van der Waals surface area (Å²) < 4.78 is 6.53. The third-order valence-electron chi connectivity index (χ3n) is 10.8. The molecule has 0 fully saturated rings. The van der Waals surface area contributed by atoms with Gasteiger partial charge in [0.1, 0.15) is 11.2 Å². The fraction of sp³-hybridized carbons (Fsp3) is 0. The van der Waals surface area contributed by atoms with E-state index in [2.05, 4.69) is 103 Å². The lowest BCUT2D eigenvalue weighted by molar-refractivity contribution is 0.669. The van der Waals surface area contributed by atoms with Gasteiger partial charge in [-0.3, -0.25) is 4.98 Å². The van der Waals surface area contributed by atoms with E-state index in [1.54, 1.807) is 0 Å². The van der Waals surface area contributed by atoms with Gasteiger partial charge in [0.15, 0.2) is 11.6 Å². The molecule has 0 saturated heterocycles. The van der Waals surface area contributed by atoms with E-state index in [1.807, 2.05) is 97.2 Å². The molecule has 0 aliphatic heterocycles. The smallest absolute Gasteiger partial charge is 0.160 e. The quantitative estimate of drug-likeness (QED) is 0.161. The number of furan rings is 1. The normalized spacial score (nSPS) is 11.4. The summed E-state index contributed by atoms with van der Waals surface area (Å²) in [5, 5.41) is 3.07. The van der Waals surface area contributed by atoms with Crippen molar-refractivity contribution in [1.29, 1.82) is 0 Å². The van der Waals surface area contributed by atoms with Gasteiger partial charge in [-0.25, -0.2) is 19.9 Å². The van der Waals surface area contributed by atoms with Crippen LogP contribution in [0.3, 0.4) is 0 Å². The number of rotatable bonds is 7. The Kier molecular flexibility index (Phi) is 8.37. The first-order valence-electron chi connectivity index (χ1n) is 19.6. The summed E-state index contributed by atoms with van der Waals surface area (Å²) in [6.45, 7) is 0.